The quantitative estimate of drug-likeness (QED) is 0.226. The van der Waals surface area contributed by atoms with E-state index in [0.717, 1.165) is 12.3 Å². The maximum atomic E-state index is 8.69. The van der Waals surface area contributed by atoms with Crippen LogP contribution in [0.15, 0.2) is 5.16 Å². The molecule has 4 N–H and O–H groups in total. The highest BCUT2D eigenvalue weighted by molar-refractivity contribution is 5.85. The van der Waals surface area contributed by atoms with Crippen molar-refractivity contribution in [3.63, 3.8) is 0 Å². The topological polar surface area (TPSA) is 70.6 Å². The van der Waals surface area contributed by atoms with Crippen LogP contribution in [0.5, 0.6) is 0 Å². The minimum absolute atomic E-state index is 0.0170. The lowest BCUT2D eigenvalue weighted by molar-refractivity contribution is 0.312. The Morgan fingerprint density at radius 2 is 2.19 bits per heavy atom. The first-order valence-corrected chi connectivity index (χ1v) is 6.40. The van der Waals surface area contributed by atoms with Gasteiger partial charge in [0.15, 0.2) is 5.84 Å². The molecule has 1 fully saturated rings. The van der Waals surface area contributed by atoms with Gasteiger partial charge in [-0.3, -0.25) is 0 Å². The first-order valence-electron chi connectivity index (χ1n) is 6.40. The summed E-state index contributed by atoms with van der Waals surface area (Å²) in [5.41, 5.74) is 5.65. The average molecular weight is 227 g/mol. The summed E-state index contributed by atoms with van der Waals surface area (Å²) in [6.07, 6.45) is 7.17. The minimum Gasteiger partial charge on any atom is -0.409 e. The third kappa shape index (κ3) is 4.00. The second-order valence-corrected chi connectivity index (χ2v) is 4.96. The van der Waals surface area contributed by atoms with Crippen LogP contribution in [0.3, 0.4) is 0 Å². The van der Waals surface area contributed by atoms with Crippen LogP contribution in [0.2, 0.25) is 0 Å². The summed E-state index contributed by atoms with van der Waals surface area (Å²) in [4.78, 5) is 0. The molecule has 0 aliphatic heterocycles. The van der Waals surface area contributed by atoms with E-state index in [-0.39, 0.29) is 6.04 Å². The Bertz CT molecular complexity index is 230. The van der Waals surface area contributed by atoms with E-state index in [2.05, 4.69) is 24.3 Å². The fraction of sp³-hybridized carbons (Fsp3) is 0.917. The molecule has 3 unspecified atom stereocenters. The van der Waals surface area contributed by atoms with Gasteiger partial charge in [-0.05, 0) is 31.6 Å². The Morgan fingerprint density at radius 1 is 1.44 bits per heavy atom. The number of oxime groups is 1. The first-order chi connectivity index (χ1) is 7.67. The van der Waals surface area contributed by atoms with Crippen molar-refractivity contribution < 1.29 is 5.21 Å². The molecule has 0 saturated heterocycles. The molecule has 0 aromatic rings. The predicted octanol–water partition coefficient (Wildman–Crippen LogP) is 2.07. The molecule has 1 aliphatic rings. The number of amidine groups is 1. The highest BCUT2D eigenvalue weighted by Crippen LogP contribution is 2.23. The fourth-order valence-corrected chi connectivity index (χ4v) is 2.42. The van der Waals surface area contributed by atoms with E-state index in [4.69, 9.17) is 10.9 Å². The van der Waals surface area contributed by atoms with E-state index >= 15 is 0 Å². The molecule has 0 bridgehead atoms. The largest absolute Gasteiger partial charge is 0.409 e. The van der Waals surface area contributed by atoms with Gasteiger partial charge in [0.1, 0.15) is 0 Å². The van der Waals surface area contributed by atoms with Crippen LogP contribution in [0, 0.1) is 5.92 Å². The molecule has 1 rings (SSSR count). The van der Waals surface area contributed by atoms with E-state index in [1.54, 1.807) is 0 Å². The van der Waals surface area contributed by atoms with Crippen LogP contribution >= 0.6 is 0 Å². The molecular formula is C12H25N3O. The Morgan fingerprint density at radius 3 is 2.81 bits per heavy atom. The number of nitrogens with one attached hydrogen (secondary N) is 1. The van der Waals surface area contributed by atoms with Crippen LogP contribution in [0.25, 0.3) is 0 Å². The van der Waals surface area contributed by atoms with Gasteiger partial charge >= 0.3 is 0 Å². The van der Waals surface area contributed by atoms with Gasteiger partial charge in [-0.2, -0.15) is 0 Å². The summed E-state index contributed by atoms with van der Waals surface area (Å²) in [6.45, 7) is 4.37. The Balaban J connectivity index is 2.45. The van der Waals surface area contributed by atoms with E-state index in [9.17, 15) is 0 Å². The molecule has 0 amide bonds. The van der Waals surface area contributed by atoms with Crippen LogP contribution < -0.4 is 11.1 Å². The summed E-state index contributed by atoms with van der Waals surface area (Å²) < 4.78 is 0. The molecule has 94 valence electrons. The lowest BCUT2D eigenvalue weighted by atomic mass is 10.0. The van der Waals surface area contributed by atoms with Crippen LogP contribution in [0.4, 0.5) is 0 Å². The zero-order chi connectivity index (χ0) is 12.0. The summed E-state index contributed by atoms with van der Waals surface area (Å²) in [5.74, 6) is 1.15. The third-order valence-electron chi connectivity index (χ3n) is 3.58. The van der Waals surface area contributed by atoms with Crippen molar-refractivity contribution in [2.75, 3.05) is 0 Å². The van der Waals surface area contributed by atoms with Crippen molar-refractivity contribution in [3.8, 4) is 0 Å². The molecule has 0 aromatic carbocycles. The third-order valence-corrected chi connectivity index (χ3v) is 3.58. The second-order valence-electron chi connectivity index (χ2n) is 4.96. The number of rotatable bonds is 4. The van der Waals surface area contributed by atoms with Gasteiger partial charge in [-0.15, -0.1) is 0 Å². The SMILES string of the molecule is CCC(NC1CCCC(C)CC1)C(N)=NO. The van der Waals surface area contributed by atoms with Crippen LogP contribution in [-0.2, 0) is 0 Å². The van der Waals surface area contributed by atoms with Crippen molar-refractivity contribution in [2.24, 2.45) is 16.8 Å². The van der Waals surface area contributed by atoms with Crippen molar-refractivity contribution in [2.45, 2.75) is 64.5 Å². The maximum absolute atomic E-state index is 8.69. The second kappa shape index (κ2) is 6.74. The maximum Gasteiger partial charge on any atom is 0.156 e. The van der Waals surface area contributed by atoms with Crippen LogP contribution in [0.1, 0.15) is 52.4 Å². The Hall–Kier alpha value is -0.770. The fourth-order valence-electron chi connectivity index (χ4n) is 2.42. The smallest absolute Gasteiger partial charge is 0.156 e. The summed E-state index contributed by atoms with van der Waals surface area (Å²) >= 11 is 0. The highest BCUT2D eigenvalue weighted by Gasteiger charge is 2.20. The predicted molar refractivity (Wildman–Crippen MR) is 66.7 cm³/mol. The molecule has 1 aliphatic carbocycles. The molecule has 1 saturated carbocycles. The molecule has 4 heteroatoms. The molecule has 4 nitrogen and oxygen atoms in total. The van der Waals surface area contributed by atoms with Crippen LogP contribution in [-0.4, -0.2) is 23.1 Å². The van der Waals surface area contributed by atoms with Gasteiger partial charge < -0.3 is 16.3 Å². The molecule has 16 heavy (non-hydrogen) atoms. The molecular weight excluding hydrogens is 202 g/mol. The van der Waals surface area contributed by atoms with Gasteiger partial charge in [-0.1, -0.05) is 31.8 Å². The Kier molecular flexibility index (Phi) is 5.60. The zero-order valence-corrected chi connectivity index (χ0v) is 10.4. The number of hydrogen-bond acceptors (Lipinski definition) is 3. The van der Waals surface area contributed by atoms with Gasteiger partial charge in [0.05, 0.1) is 6.04 Å². The highest BCUT2D eigenvalue weighted by atomic mass is 16.4. The molecule has 0 heterocycles. The van der Waals surface area contributed by atoms with Crippen molar-refractivity contribution in [1.29, 1.82) is 0 Å². The van der Waals surface area contributed by atoms with Gasteiger partial charge in [0, 0.05) is 6.04 Å². The van der Waals surface area contributed by atoms with Crippen molar-refractivity contribution in [3.05, 3.63) is 0 Å². The minimum atomic E-state index is 0.0170. The summed E-state index contributed by atoms with van der Waals surface area (Å²) in [5, 5.41) is 15.3. The number of nitrogens with two attached hydrogens (primary N) is 1. The Labute approximate surface area is 98.3 Å². The van der Waals surface area contributed by atoms with E-state index in [1.807, 2.05) is 0 Å². The standard InChI is InChI=1S/C12H25N3O/c1-3-11(12(13)15-16)14-10-6-4-5-9(2)7-8-10/h9-11,14,16H,3-8H2,1-2H3,(H2,13,15). The lowest BCUT2D eigenvalue weighted by Gasteiger charge is -2.23. The monoisotopic (exact) mass is 227 g/mol. The van der Waals surface area contributed by atoms with Crippen molar-refractivity contribution in [1.82, 2.24) is 5.32 Å². The van der Waals surface area contributed by atoms with Crippen molar-refractivity contribution >= 4 is 5.84 Å². The summed E-state index contributed by atoms with van der Waals surface area (Å²) in [7, 11) is 0. The summed E-state index contributed by atoms with van der Waals surface area (Å²) in [6, 6.07) is 0.540. The van der Waals surface area contributed by atoms with E-state index in [0.29, 0.717) is 11.9 Å². The first kappa shape index (κ1) is 13.3. The number of nitrogens with zero attached hydrogens (tertiary/aromatic N) is 1. The normalized spacial score (nSPS) is 29.8. The van der Waals surface area contributed by atoms with Gasteiger partial charge in [0.2, 0.25) is 0 Å². The van der Waals surface area contributed by atoms with E-state index < -0.39 is 0 Å². The number of hydrogen-bond donors (Lipinski definition) is 3. The molecule has 3 atom stereocenters. The molecule has 0 aromatic heterocycles. The lowest BCUT2D eigenvalue weighted by Crippen LogP contribution is -2.46. The molecule has 0 radical (unpaired) electrons. The van der Waals surface area contributed by atoms with E-state index in [1.165, 1.54) is 32.1 Å². The molecule has 0 spiro atoms. The zero-order valence-electron chi connectivity index (χ0n) is 10.4. The average Bonchev–Trinajstić information content (AvgIpc) is 2.50. The van der Waals surface area contributed by atoms with Gasteiger partial charge in [0.25, 0.3) is 0 Å². The van der Waals surface area contributed by atoms with Gasteiger partial charge in [-0.25, -0.2) is 0 Å².